The fourth-order valence-electron chi connectivity index (χ4n) is 5.76. The van der Waals surface area contributed by atoms with Crippen molar-refractivity contribution in [3.05, 3.63) is 29.8 Å². The molecule has 0 radical (unpaired) electrons. The molecule has 3 heterocycles. The van der Waals surface area contributed by atoms with Crippen molar-refractivity contribution in [3.63, 3.8) is 0 Å². The lowest BCUT2D eigenvalue weighted by Crippen LogP contribution is -2.64. The van der Waals surface area contributed by atoms with E-state index in [1.807, 2.05) is 11.0 Å². The third-order valence-corrected chi connectivity index (χ3v) is 7.02. The number of hydrogen-bond donors (Lipinski definition) is 1. The molecular formula is C23H33N3O4. The van der Waals surface area contributed by atoms with Crippen LogP contribution >= 0.6 is 0 Å². The fraction of sp³-hybridized carbons (Fsp3) is 0.652. The van der Waals surface area contributed by atoms with E-state index in [-0.39, 0.29) is 19.1 Å². The van der Waals surface area contributed by atoms with Crippen LogP contribution in [0, 0.1) is 11.8 Å². The summed E-state index contributed by atoms with van der Waals surface area (Å²) < 4.78 is 10.6. The molecule has 4 atom stereocenters. The molecule has 3 aliphatic heterocycles. The largest absolute Gasteiger partial charge is 0.497 e. The highest BCUT2D eigenvalue weighted by molar-refractivity contribution is 5.79. The number of methoxy groups -OCH3 is 1. The molecule has 7 heteroatoms. The lowest BCUT2D eigenvalue weighted by Gasteiger charge is -2.57. The van der Waals surface area contributed by atoms with Gasteiger partial charge in [0.2, 0.25) is 11.8 Å². The van der Waals surface area contributed by atoms with E-state index in [2.05, 4.69) is 23.1 Å². The van der Waals surface area contributed by atoms with E-state index >= 15 is 0 Å². The number of likely N-dealkylation sites (tertiary alicyclic amines) is 1. The average molecular weight is 416 g/mol. The van der Waals surface area contributed by atoms with Crippen LogP contribution in [0.3, 0.4) is 0 Å². The van der Waals surface area contributed by atoms with Crippen molar-refractivity contribution in [1.82, 2.24) is 9.80 Å². The van der Waals surface area contributed by atoms with Crippen molar-refractivity contribution in [2.24, 2.45) is 17.6 Å². The van der Waals surface area contributed by atoms with Gasteiger partial charge in [-0.2, -0.15) is 0 Å². The number of hydrogen-bond acceptors (Lipinski definition) is 5. The normalized spacial score (nSPS) is 28.6. The van der Waals surface area contributed by atoms with Crippen LogP contribution in [0.15, 0.2) is 24.3 Å². The molecule has 7 nitrogen and oxygen atoms in total. The molecule has 2 bridgehead atoms. The third kappa shape index (κ3) is 4.62. The van der Waals surface area contributed by atoms with Gasteiger partial charge >= 0.3 is 0 Å². The maximum atomic E-state index is 12.7. The number of nitrogens with two attached hydrogens (primary N) is 1. The van der Waals surface area contributed by atoms with Gasteiger partial charge in [-0.05, 0) is 61.8 Å². The van der Waals surface area contributed by atoms with Crippen LogP contribution in [0.2, 0.25) is 0 Å². The van der Waals surface area contributed by atoms with Gasteiger partial charge in [-0.1, -0.05) is 18.6 Å². The lowest BCUT2D eigenvalue weighted by atomic mass is 9.71. The Balaban J connectivity index is 1.49. The molecule has 2 amide bonds. The standard InChI is InChI=1S/C23H33N3O4/c1-29-19-6-4-5-16(9-19)10-21-18-11-17(20-7-2-3-8-26(20)21)12-25(13-18)23(28)15-30-14-22(24)27/h4-6,9,17-18,20-21H,2-3,7-8,10-15H2,1H3,(H2,24,27)/t17-,18+,20+,21+/m1/s1. The molecule has 1 aromatic carbocycles. The predicted octanol–water partition coefficient (Wildman–Crippen LogP) is 1.44. The van der Waals surface area contributed by atoms with Crippen LogP contribution in [-0.2, 0) is 20.7 Å². The molecule has 3 fully saturated rings. The van der Waals surface area contributed by atoms with E-state index in [9.17, 15) is 9.59 Å². The highest BCUT2D eigenvalue weighted by Crippen LogP contribution is 2.42. The minimum atomic E-state index is -0.547. The van der Waals surface area contributed by atoms with Gasteiger partial charge in [0.15, 0.2) is 0 Å². The summed E-state index contributed by atoms with van der Waals surface area (Å²) in [5.41, 5.74) is 6.40. The van der Waals surface area contributed by atoms with E-state index in [1.165, 1.54) is 31.2 Å². The topological polar surface area (TPSA) is 85.1 Å². The third-order valence-electron chi connectivity index (χ3n) is 7.02. The predicted molar refractivity (Wildman–Crippen MR) is 113 cm³/mol. The minimum absolute atomic E-state index is 0.0321. The van der Waals surface area contributed by atoms with Crippen LogP contribution in [-0.4, -0.2) is 73.7 Å². The molecule has 4 rings (SSSR count). The zero-order valence-electron chi connectivity index (χ0n) is 17.8. The molecule has 0 aromatic heterocycles. The number of amides is 2. The van der Waals surface area contributed by atoms with E-state index < -0.39 is 5.91 Å². The van der Waals surface area contributed by atoms with E-state index in [1.54, 1.807) is 7.11 Å². The Morgan fingerprint density at radius 3 is 2.80 bits per heavy atom. The molecule has 2 N–H and O–H groups in total. The van der Waals surface area contributed by atoms with Gasteiger partial charge in [-0.25, -0.2) is 0 Å². The van der Waals surface area contributed by atoms with Gasteiger partial charge in [-0.3, -0.25) is 14.5 Å². The second kappa shape index (κ2) is 9.35. The molecule has 0 unspecified atom stereocenters. The number of ether oxygens (including phenoxy) is 2. The molecule has 3 aliphatic rings. The summed E-state index contributed by atoms with van der Waals surface area (Å²) >= 11 is 0. The van der Waals surface area contributed by atoms with Gasteiger partial charge in [0.1, 0.15) is 19.0 Å². The van der Waals surface area contributed by atoms with Crippen molar-refractivity contribution in [3.8, 4) is 5.75 Å². The molecule has 0 saturated carbocycles. The van der Waals surface area contributed by atoms with Crippen molar-refractivity contribution in [1.29, 1.82) is 0 Å². The first-order valence-corrected chi connectivity index (χ1v) is 11.1. The number of benzene rings is 1. The number of nitrogens with zero attached hydrogens (tertiary/aromatic N) is 2. The smallest absolute Gasteiger partial charge is 0.248 e. The Labute approximate surface area is 178 Å². The van der Waals surface area contributed by atoms with Crippen LogP contribution in [0.1, 0.15) is 31.2 Å². The lowest BCUT2D eigenvalue weighted by molar-refractivity contribution is -0.146. The van der Waals surface area contributed by atoms with Crippen molar-refractivity contribution >= 4 is 11.8 Å². The summed E-state index contributed by atoms with van der Waals surface area (Å²) in [5.74, 6) is 1.28. The highest BCUT2D eigenvalue weighted by atomic mass is 16.5. The minimum Gasteiger partial charge on any atom is -0.497 e. The van der Waals surface area contributed by atoms with Gasteiger partial charge in [-0.15, -0.1) is 0 Å². The Kier molecular flexibility index (Phi) is 6.58. The second-order valence-electron chi connectivity index (χ2n) is 8.94. The van der Waals surface area contributed by atoms with E-state index in [0.29, 0.717) is 23.9 Å². The molecule has 3 saturated heterocycles. The molecule has 0 aliphatic carbocycles. The number of piperidine rings is 3. The molecule has 30 heavy (non-hydrogen) atoms. The van der Waals surface area contributed by atoms with Gasteiger partial charge in [0.05, 0.1) is 7.11 Å². The molecular weight excluding hydrogens is 382 g/mol. The Hall–Kier alpha value is -2.12. The Morgan fingerprint density at radius 1 is 1.17 bits per heavy atom. The van der Waals surface area contributed by atoms with Crippen molar-refractivity contribution in [2.45, 2.75) is 44.2 Å². The number of primary amides is 1. The average Bonchev–Trinajstić information content (AvgIpc) is 2.76. The van der Waals surface area contributed by atoms with Gasteiger partial charge < -0.3 is 20.1 Å². The van der Waals surface area contributed by atoms with Crippen LogP contribution < -0.4 is 10.5 Å². The quantitative estimate of drug-likeness (QED) is 0.728. The number of rotatable bonds is 7. The van der Waals surface area contributed by atoms with Crippen LogP contribution in [0.4, 0.5) is 0 Å². The number of carbonyl (C=O) groups excluding carboxylic acids is 2. The van der Waals surface area contributed by atoms with Gasteiger partial charge in [0.25, 0.3) is 0 Å². The monoisotopic (exact) mass is 415 g/mol. The summed E-state index contributed by atoms with van der Waals surface area (Å²) in [6, 6.07) is 9.33. The first-order chi connectivity index (χ1) is 14.5. The SMILES string of the molecule is COc1cccc(C[C@H]2[C@H]3C[C@H](CN(C(=O)COCC(N)=O)C3)[C@@H]3CCCCN32)c1. The van der Waals surface area contributed by atoms with Crippen LogP contribution in [0.25, 0.3) is 0 Å². The fourth-order valence-corrected chi connectivity index (χ4v) is 5.76. The second-order valence-corrected chi connectivity index (χ2v) is 8.94. The maximum absolute atomic E-state index is 12.7. The summed E-state index contributed by atoms with van der Waals surface area (Å²) in [4.78, 5) is 28.3. The summed E-state index contributed by atoms with van der Waals surface area (Å²) in [5, 5.41) is 0. The first-order valence-electron chi connectivity index (χ1n) is 11.1. The van der Waals surface area contributed by atoms with E-state index in [4.69, 9.17) is 15.2 Å². The Morgan fingerprint density at radius 2 is 2.00 bits per heavy atom. The van der Waals surface area contributed by atoms with Crippen molar-refractivity contribution < 1.29 is 19.1 Å². The Bertz CT molecular complexity index is 771. The summed E-state index contributed by atoms with van der Waals surface area (Å²) in [6.07, 6.45) is 5.90. The number of carbonyl (C=O) groups is 2. The zero-order valence-corrected chi connectivity index (χ0v) is 17.8. The van der Waals surface area contributed by atoms with Gasteiger partial charge in [0, 0.05) is 25.2 Å². The first kappa shape index (κ1) is 21.1. The van der Waals surface area contributed by atoms with E-state index in [0.717, 1.165) is 31.8 Å². The maximum Gasteiger partial charge on any atom is 0.248 e. The highest BCUT2D eigenvalue weighted by Gasteiger charge is 2.47. The zero-order chi connectivity index (χ0) is 21.1. The molecule has 0 spiro atoms. The summed E-state index contributed by atoms with van der Waals surface area (Å²) in [6.45, 7) is 2.43. The number of fused-ring (bicyclic) bond motifs is 4. The summed E-state index contributed by atoms with van der Waals surface area (Å²) in [7, 11) is 1.70. The van der Waals surface area contributed by atoms with Crippen LogP contribution in [0.5, 0.6) is 5.75 Å². The molecule has 1 aromatic rings. The molecule has 164 valence electrons. The van der Waals surface area contributed by atoms with Crippen molar-refractivity contribution in [2.75, 3.05) is 40.0 Å².